The second kappa shape index (κ2) is 5.40. The summed E-state index contributed by atoms with van der Waals surface area (Å²) < 4.78 is 4.59. The van der Waals surface area contributed by atoms with E-state index in [2.05, 4.69) is 10.1 Å². The minimum absolute atomic E-state index is 0.124. The molecule has 70 valence electrons. The van der Waals surface area contributed by atoms with Crippen LogP contribution in [0.4, 0.5) is 4.79 Å². The number of carbonyl (C=O) groups excluding carboxylic acids is 2. The molecule has 0 saturated heterocycles. The van der Waals surface area contributed by atoms with Crippen molar-refractivity contribution in [3.8, 4) is 0 Å². The van der Waals surface area contributed by atoms with E-state index in [-0.39, 0.29) is 12.5 Å². The highest BCUT2D eigenvalue weighted by Crippen LogP contribution is 1.89. The van der Waals surface area contributed by atoms with Gasteiger partial charge < -0.3 is 15.8 Å². The Hall–Kier alpha value is -1.26. The molecule has 1 atom stereocenters. The van der Waals surface area contributed by atoms with Gasteiger partial charge in [-0.3, -0.25) is 4.79 Å². The second-order valence-corrected chi connectivity index (χ2v) is 2.44. The third-order valence-corrected chi connectivity index (χ3v) is 1.15. The number of nitrogens with one attached hydrogen (secondary N) is 1. The lowest BCUT2D eigenvalue weighted by molar-refractivity contribution is -0.118. The van der Waals surface area contributed by atoms with Gasteiger partial charge in [0.15, 0.2) is 0 Å². The molecule has 3 N–H and O–H groups in total. The molecule has 5 nitrogen and oxygen atoms in total. The van der Waals surface area contributed by atoms with E-state index in [1.807, 2.05) is 0 Å². The van der Waals surface area contributed by atoms with Crippen molar-refractivity contribution in [1.82, 2.24) is 5.32 Å². The zero-order valence-electron chi connectivity index (χ0n) is 7.29. The molecule has 0 aromatic rings. The summed E-state index contributed by atoms with van der Waals surface area (Å²) in [5, 5.41) is 2.45. The number of ether oxygens (including phenoxy) is 1. The van der Waals surface area contributed by atoms with Gasteiger partial charge in [0.05, 0.1) is 6.61 Å². The Morgan fingerprint density at radius 2 is 2.17 bits per heavy atom. The molecule has 0 radical (unpaired) electrons. The molecule has 0 bridgehead atoms. The van der Waals surface area contributed by atoms with E-state index in [1.54, 1.807) is 13.8 Å². The van der Waals surface area contributed by atoms with E-state index >= 15 is 0 Å². The van der Waals surface area contributed by atoms with Crippen LogP contribution in [-0.2, 0) is 9.53 Å². The smallest absolute Gasteiger partial charge is 0.407 e. The lowest BCUT2D eigenvalue weighted by Gasteiger charge is -2.10. The Kier molecular flexibility index (Phi) is 4.83. The predicted octanol–water partition coefficient (Wildman–Crippen LogP) is -0.00360. The van der Waals surface area contributed by atoms with E-state index in [0.29, 0.717) is 6.61 Å². The van der Waals surface area contributed by atoms with Crippen LogP contribution in [0.3, 0.4) is 0 Å². The minimum atomic E-state index is -0.522. The maximum atomic E-state index is 10.7. The average Bonchev–Trinajstić information content (AvgIpc) is 1.84. The monoisotopic (exact) mass is 174 g/mol. The molecule has 0 aliphatic rings. The normalized spacial score (nSPS) is 11.8. The molecule has 0 fully saturated rings. The average molecular weight is 174 g/mol. The van der Waals surface area contributed by atoms with Gasteiger partial charge >= 0.3 is 6.09 Å². The zero-order chi connectivity index (χ0) is 9.56. The van der Waals surface area contributed by atoms with Crippen LogP contribution < -0.4 is 11.1 Å². The summed E-state index contributed by atoms with van der Waals surface area (Å²) in [6, 6.07) is -0.276. The maximum Gasteiger partial charge on any atom is 0.407 e. The fourth-order valence-corrected chi connectivity index (χ4v) is 0.727. The Morgan fingerprint density at radius 3 is 2.58 bits per heavy atom. The zero-order valence-corrected chi connectivity index (χ0v) is 7.29. The number of hydrogen-bond acceptors (Lipinski definition) is 3. The first kappa shape index (κ1) is 10.7. The molecule has 0 aromatic carbocycles. The topological polar surface area (TPSA) is 81.4 Å². The molecule has 5 heteroatoms. The molecule has 0 aliphatic carbocycles. The molecular formula is C7H14N2O3. The number of carbonyl (C=O) groups is 2. The summed E-state index contributed by atoms with van der Waals surface area (Å²) in [7, 11) is 0. The van der Waals surface area contributed by atoms with Gasteiger partial charge in [-0.05, 0) is 13.8 Å². The fraction of sp³-hybridized carbons (Fsp3) is 0.714. The van der Waals surface area contributed by atoms with Crippen molar-refractivity contribution in [2.24, 2.45) is 5.73 Å². The van der Waals surface area contributed by atoms with Crippen LogP contribution in [0, 0.1) is 0 Å². The molecular weight excluding hydrogens is 160 g/mol. The van der Waals surface area contributed by atoms with Crippen molar-refractivity contribution in [2.75, 3.05) is 6.61 Å². The number of hydrogen-bond donors (Lipinski definition) is 2. The summed E-state index contributed by atoms with van der Waals surface area (Å²) in [4.78, 5) is 21.1. The molecule has 2 amide bonds. The molecule has 0 aliphatic heterocycles. The quantitative estimate of drug-likeness (QED) is 0.629. The Morgan fingerprint density at radius 1 is 1.58 bits per heavy atom. The first-order valence-corrected chi connectivity index (χ1v) is 3.77. The molecule has 12 heavy (non-hydrogen) atoms. The summed E-state index contributed by atoms with van der Waals surface area (Å²) >= 11 is 0. The predicted molar refractivity (Wildman–Crippen MR) is 43.4 cm³/mol. The molecule has 0 unspecified atom stereocenters. The van der Waals surface area contributed by atoms with Gasteiger partial charge in [0, 0.05) is 12.5 Å². The van der Waals surface area contributed by atoms with E-state index in [4.69, 9.17) is 5.73 Å². The van der Waals surface area contributed by atoms with Gasteiger partial charge in [0.25, 0.3) is 0 Å². The third kappa shape index (κ3) is 5.52. The van der Waals surface area contributed by atoms with E-state index in [9.17, 15) is 9.59 Å². The van der Waals surface area contributed by atoms with Crippen molar-refractivity contribution >= 4 is 12.0 Å². The molecule has 0 spiro atoms. The summed E-state index contributed by atoms with van der Waals surface area (Å²) in [6.45, 7) is 3.70. The first-order valence-electron chi connectivity index (χ1n) is 3.77. The van der Waals surface area contributed by atoms with Crippen LogP contribution in [0.15, 0.2) is 0 Å². The van der Waals surface area contributed by atoms with Gasteiger partial charge in [-0.1, -0.05) is 0 Å². The van der Waals surface area contributed by atoms with E-state index in [0.717, 1.165) is 0 Å². The second-order valence-electron chi connectivity index (χ2n) is 2.44. The number of nitrogens with two attached hydrogens (primary N) is 1. The Labute approximate surface area is 71.3 Å². The number of primary amides is 1. The van der Waals surface area contributed by atoms with Gasteiger partial charge in [0.1, 0.15) is 0 Å². The van der Waals surface area contributed by atoms with Crippen LogP contribution in [0.1, 0.15) is 20.3 Å². The van der Waals surface area contributed by atoms with Gasteiger partial charge in [-0.15, -0.1) is 0 Å². The molecule has 0 saturated carbocycles. The molecule has 0 heterocycles. The van der Waals surface area contributed by atoms with Crippen LogP contribution >= 0.6 is 0 Å². The number of amides is 2. The van der Waals surface area contributed by atoms with Crippen molar-refractivity contribution in [3.05, 3.63) is 0 Å². The van der Waals surface area contributed by atoms with Crippen LogP contribution in [0.2, 0.25) is 0 Å². The van der Waals surface area contributed by atoms with E-state index < -0.39 is 12.0 Å². The number of rotatable bonds is 4. The van der Waals surface area contributed by atoms with Crippen molar-refractivity contribution in [1.29, 1.82) is 0 Å². The van der Waals surface area contributed by atoms with Crippen molar-refractivity contribution in [2.45, 2.75) is 26.3 Å². The van der Waals surface area contributed by atoms with Gasteiger partial charge in [-0.25, -0.2) is 4.79 Å². The molecule has 0 aromatic heterocycles. The van der Waals surface area contributed by atoms with Crippen LogP contribution in [-0.4, -0.2) is 24.6 Å². The highest BCUT2D eigenvalue weighted by atomic mass is 16.5. The highest BCUT2D eigenvalue weighted by molar-refractivity contribution is 5.75. The summed E-state index contributed by atoms with van der Waals surface area (Å²) in [6.07, 6.45) is -0.398. The summed E-state index contributed by atoms with van der Waals surface area (Å²) in [5.41, 5.74) is 4.91. The van der Waals surface area contributed by atoms with E-state index in [1.165, 1.54) is 0 Å². The lowest BCUT2D eigenvalue weighted by Crippen LogP contribution is -2.36. The van der Waals surface area contributed by atoms with Crippen molar-refractivity contribution in [3.63, 3.8) is 0 Å². The third-order valence-electron chi connectivity index (χ3n) is 1.15. The summed E-state index contributed by atoms with van der Waals surface area (Å²) in [5.74, 6) is -0.445. The SMILES string of the molecule is CCOC(=O)N[C@@H](C)CC(N)=O. The van der Waals surface area contributed by atoms with Crippen LogP contribution in [0.25, 0.3) is 0 Å². The number of alkyl carbamates (subject to hydrolysis) is 1. The fourth-order valence-electron chi connectivity index (χ4n) is 0.727. The Bertz CT molecular complexity index is 170. The maximum absolute atomic E-state index is 10.7. The lowest BCUT2D eigenvalue weighted by atomic mass is 10.2. The standard InChI is InChI=1S/C7H14N2O3/c1-3-12-7(11)9-5(2)4-6(8)10/h5H,3-4H2,1-2H3,(H2,8,10)(H,9,11)/t5-/m0/s1. The Balaban J connectivity index is 3.61. The van der Waals surface area contributed by atoms with Crippen LogP contribution in [0.5, 0.6) is 0 Å². The highest BCUT2D eigenvalue weighted by Gasteiger charge is 2.09. The largest absolute Gasteiger partial charge is 0.450 e. The van der Waals surface area contributed by atoms with Crippen molar-refractivity contribution < 1.29 is 14.3 Å². The minimum Gasteiger partial charge on any atom is -0.450 e. The first-order chi connectivity index (χ1) is 5.56. The van der Waals surface area contributed by atoms with Gasteiger partial charge in [0.2, 0.25) is 5.91 Å². The van der Waals surface area contributed by atoms with Gasteiger partial charge in [-0.2, -0.15) is 0 Å². The molecule has 0 rings (SSSR count).